The zero-order chi connectivity index (χ0) is 18.8. The van der Waals surface area contributed by atoms with Gasteiger partial charge in [-0.05, 0) is 42.8 Å². The Hall–Kier alpha value is -2.47. The van der Waals surface area contributed by atoms with Crippen LogP contribution < -0.4 is 10.2 Å². The van der Waals surface area contributed by atoms with E-state index in [1.54, 1.807) is 18.0 Å². The van der Waals surface area contributed by atoms with E-state index in [0.29, 0.717) is 17.8 Å². The minimum absolute atomic E-state index is 0.0264. The molecule has 0 fully saturated rings. The molecule has 1 heterocycles. The number of fused-ring (bicyclic) bond motifs is 1. The molecule has 6 heteroatoms. The number of amides is 2. The number of nitrogens with zero attached hydrogens (tertiary/aromatic N) is 2. The van der Waals surface area contributed by atoms with Crippen molar-refractivity contribution in [1.82, 2.24) is 4.90 Å². The average Bonchev–Trinajstić information content (AvgIpc) is 2.62. The molecule has 0 radical (unpaired) electrons. The highest BCUT2D eigenvalue weighted by atomic mass is 32.2. The van der Waals surface area contributed by atoms with Gasteiger partial charge in [0, 0.05) is 43.8 Å². The monoisotopic (exact) mass is 369 g/mol. The highest BCUT2D eigenvalue weighted by Gasteiger charge is 2.24. The summed E-state index contributed by atoms with van der Waals surface area (Å²) in [7, 11) is 5.79. The van der Waals surface area contributed by atoms with E-state index in [1.165, 1.54) is 11.8 Å². The van der Waals surface area contributed by atoms with Crippen molar-refractivity contribution in [2.24, 2.45) is 0 Å². The molecule has 1 aliphatic heterocycles. The smallest absolute Gasteiger partial charge is 0.253 e. The fraction of sp³-hybridized carbons (Fsp3) is 0.300. The molecular formula is C20H23N3O2S. The van der Waals surface area contributed by atoms with Crippen LogP contribution in [0.4, 0.5) is 11.4 Å². The summed E-state index contributed by atoms with van der Waals surface area (Å²) in [6.07, 6.45) is 0. The third-order valence-corrected chi connectivity index (χ3v) is 5.55. The van der Waals surface area contributed by atoms with Gasteiger partial charge in [-0.1, -0.05) is 12.1 Å². The third-order valence-electron chi connectivity index (χ3n) is 4.38. The Bertz CT molecular complexity index is 833. The van der Waals surface area contributed by atoms with Gasteiger partial charge in [-0.3, -0.25) is 9.59 Å². The number of hydrogen-bond acceptors (Lipinski definition) is 4. The maximum absolute atomic E-state index is 12.8. The van der Waals surface area contributed by atoms with Crippen LogP contribution in [0.15, 0.2) is 47.4 Å². The van der Waals surface area contributed by atoms with Crippen LogP contribution in [-0.4, -0.2) is 43.1 Å². The second-order valence-corrected chi connectivity index (χ2v) is 8.06. The summed E-state index contributed by atoms with van der Waals surface area (Å²) in [4.78, 5) is 29.3. The van der Waals surface area contributed by atoms with Crippen LogP contribution in [0.5, 0.6) is 0 Å². The van der Waals surface area contributed by atoms with Gasteiger partial charge in [-0.25, -0.2) is 0 Å². The topological polar surface area (TPSA) is 52.7 Å². The summed E-state index contributed by atoms with van der Waals surface area (Å²) in [6, 6.07) is 13.6. The first kappa shape index (κ1) is 18.3. The molecule has 1 N–H and O–H groups in total. The van der Waals surface area contributed by atoms with Gasteiger partial charge >= 0.3 is 0 Å². The van der Waals surface area contributed by atoms with Crippen molar-refractivity contribution in [1.29, 1.82) is 0 Å². The van der Waals surface area contributed by atoms with E-state index >= 15 is 0 Å². The van der Waals surface area contributed by atoms with Crippen LogP contribution in [0.2, 0.25) is 0 Å². The minimum atomic E-state index is -0.114. The molecule has 0 saturated carbocycles. The number of hydrogen-bond donors (Lipinski definition) is 1. The Morgan fingerprint density at radius 2 is 1.81 bits per heavy atom. The molecule has 2 amide bonds. The molecule has 0 saturated heterocycles. The largest absolute Gasteiger partial charge is 0.378 e. The van der Waals surface area contributed by atoms with E-state index in [1.807, 2.05) is 62.3 Å². The average molecular weight is 369 g/mol. The van der Waals surface area contributed by atoms with Crippen molar-refractivity contribution < 1.29 is 9.59 Å². The molecule has 2 aromatic carbocycles. The molecule has 26 heavy (non-hydrogen) atoms. The Balaban J connectivity index is 1.72. The maximum atomic E-state index is 12.8. The van der Waals surface area contributed by atoms with Crippen molar-refractivity contribution in [2.75, 3.05) is 31.4 Å². The van der Waals surface area contributed by atoms with E-state index in [4.69, 9.17) is 0 Å². The molecule has 0 aliphatic carbocycles. The molecule has 0 spiro atoms. The van der Waals surface area contributed by atoms with Crippen LogP contribution in [0.3, 0.4) is 0 Å². The number of rotatable bonds is 4. The quantitative estimate of drug-likeness (QED) is 0.897. The highest BCUT2D eigenvalue weighted by Crippen LogP contribution is 2.36. The zero-order valence-electron chi connectivity index (χ0n) is 15.4. The first-order valence-corrected chi connectivity index (χ1v) is 9.36. The van der Waals surface area contributed by atoms with Gasteiger partial charge in [0.2, 0.25) is 5.91 Å². The number of benzene rings is 2. The molecule has 2 aromatic rings. The van der Waals surface area contributed by atoms with Gasteiger partial charge in [0.1, 0.15) is 0 Å². The predicted octanol–water partition coefficient (Wildman–Crippen LogP) is 3.46. The first-order valence-electron chi connectivity index (χ1n) is 8.48. The van der Waals surface area contributed by atoms with Crippen LogP contribution in [0, 0.1) is 0 Å². The first-order chi connectivity index (χ1) is 12.3. The lowest BCUT2D eigenvalue weighted by Gasteiger charge is -2.23. The summed E-state index contributed by atoms with van der Waals surface area (Å²) < 4.78 is 0. The normalized spacial score (nSPS) is 15.8. The Labute approximate surface area is 158 Å². The zero-order valence-corrected chi connectivity index (χ0v) is 16.3. The summed E-state index contributed by atoms with van der Waals surface area (Å²) in [5, 5.41) is 2.76. The number of thioether (sulfide) groups is 1. The maximum Gasteiger partial charge on any atom is 0.253 e. The molecular weight excluding hydrogens is 346 g/mol. The van der Waals surface area contributed by atoms with E-state index in [2.05, 4.69) is 5.32 Å². The van der Waals surface area contributed by atoms with Crippen LogP contribution >= 0.6 is 11.8 Å². The van der Waals surface area contributed by atoms with Crippen molar-refractivity contribution >= 4 is 35.0 Å². The Morgan fingerprint density at radius 3 is 2.46 bits per heavy atom. The van der Waals surface area contributed by atoms with Crippen LogP contribution in [-0.2, 0) is 11.3 Å². The van der Waals surface area contributed by atoms with E-state index in [0.717, 1.165) is 16.1 Å². The predicted molar refractivity (Wildman–Crippen MR) is 107 cm³/mol. The van der Waals surface area contributed by atoms with Gasteiger partial charge in [0.25, 0.3) is 5.91 Å². The fourth-order valence-corrected chi connectivity index (χ4v) is 3.74. The van der Waals surface area contributed by atoms with Crippen molar-refractivity contribution in [2.45, 2.75) is 23.6 Å². The Kier molecular flexibility index (Phi) is 5.23. The molecule has 0 unspecified atom stereocenters. The molecule has 3 rings (SSSR count). The second kappa shape index (κ2) is 7.41. The second-order valence-electron chi connectivity index (χ2n) is 6.68. The van der Waals surface area contributed by atoms with E-state index in [9.17, 15) is 9.59 Å². The fourth-order valence-electron chi connectivity index (χ4n) is 2.81. The lowest BCUT2D eigenvalue weighted by molar-refractivity contribution is -0.115. The molecule has 1 atom stereocenters. The van der Waals surface area contributed by atoms with Gasteiger partial charge in [-0.2, -0.15) is 0 Å². The van der Waals surface area contributed by atoms with Crippen LogP contribution in [0.1, 0.15) is 22.8 Å². The number of carbonyl (C=O) groups is 2. The van der Waals surface area contributed by atoms with Gasteiger partial charge in [0.05, 0.1) is 10.9 Å². The van der Waals surface area contributed by atoms with Crippen molar-refractivity contribution in [3.63, 3.8) is 0 Å². The molecule has 0 aromatic heterocycles. The molecule has 5 nitrogen and oxygen atoms in total. The molecule has 0 bridgehead atoms. The molecule has 136 valence electrons. The van der Waals surface area contributed by atoms with E-state index < -0.39 is 0 Å². The number of anilines is 2. The lowest BCUT2D eigenvalue weighted by atomic mass is 10.1. The number of carbonyl (C=O) groups excluding carboxylic acids is 2. The van der Waals surface area contributed by atoms with E-state index in [-0.39, 0.29) is 17.1 Å². The summed E-state index contributed by atoms with van der Waals surface area (Å²) >= 11 is 1.51. The Morgan fingerprint density at radius 1 is 1.12 bits per heavy atom. The SMILES string of the molecule is C[C@H]1Sc2ccc(C(=O)N(C)Cc3ccc(N(C)C)cc3)cc2NC1=O. The number of nitrogens with one attached hydrogen (secondary N) is 1. The van der Waals surface area contributed by atoms with Gasteiger partial charge < -0.3 is 15.1 Å². The van der Waals surface area contributed by atoms with Gasteiger partial charge in [0.15, 0.2) is 0 Å². The summed E-state index contributed by atoms with van der Waals surface area (Å²) in [5.41, 5.74) is 3.49. The standard InChI is InChI=1S/C20H23N3O2S/c1-13-19(24)21-17-11-15(7-10-18(17)26-13)20(25)23(4)12-14-5-8-16(9-6-14)22(2)3/h5-11,13H,12H2,1-4H3,(H,21,24)/t13-/m1/s1. The van der Waals surface area contributed by atoms with Crippen molar-refractivity contribution in [3.05, 3.63) is 53.6 Å². The lowest BCUT2D eigenvalue weighted by Crippen LogP contribution is -2.28. The molecule has 1 aliphatic rings. The third kappa shape index (κ3) is 3.85. The minimum Gasteiger partial charge on any atom is -0.378 e. The summed E-state index contributed by atoms with van der Waals surface area (Å²) in [6.45, 7) is 2.40. The summed E-state index contributed by atoms with van der Waals surface area (Å²) in [5.74, 6) is -0.0937. The highest BCUT2D eigenvalue weighted by molar-refractivity contribution is 8.00. The van der Waals surface area contributed by atoms with Crippen molar-refractivity contribution in [3.8, 4) is 0 Å². The van der Waals surface area contributed by atoms with Gasteiger partial charge in [-0.15, -0.1) is 11.8 Å². The van der Waals surface area contributed by atoms with Crippen LogP contribution in [0.25, 0.3) is 0 Å².